The number of carboxylic acid groups (broad SMARTS) is 1. The largest absolute Gasteiger partial charge is 0.481 e. The van der Waals surface area contributed by atoms with Gasteiger partial charge in [0.15, 0.2) is 0 Å². The van der Waals surface area contributed by atoms with Gasteiger partial charge in [-0.3, -0.25) is 9.59 Å². The van der Waals surface area contributed by atoms with Crippen LogP contribution in [0.4, 0.5) is 0 Å². The Balaban J connectivity index is 1.40. The lowest BCUT2D eigenvalue weighted by molar-refractivity contribution is -0.136. The smallest absolute Gasteiger partial charge is 0.305 e. The van der Waals surface area contributed by atoms with Crippen molar-refractivity contribution in [2.45, 2.75) is 51.5 Å². The van der Waals surface area contributed by atoms with E-state index in [1.54, 1.807) is 0 Å². The van der Waals surface area contributed by atoms with Gasteiger partial charge in [0.25, 0.3) is 5.91 Å². The number of aliphatic carboxylic acids is 1. The highest BCUT2D eigenvalue weighted by Gasteiger charge is 2.22. The van der Waals surface area contributed by atoms with E-state index in [2.05, 4.69) is 71.5 Å². The van der Waals surface area contributed by atoms with Gasteiger partial charge < -0.3 is 15.0 Å². The third-order valence-corrected chi connectivity index (χ3v) is 7.70. The van der Waals surface area contributed by atoms with Crippen LogP contribution in [-0.4, -0.2) is 28.1 Å². The maximum absolute atomic E-state index is 12.4. The molecule has 5 nitrogen and oxygen atoms in total. The maximum Gasteiger partial charge on any atom is 0.305 e. The lowest BCUT2D eigenvalue weighted by Crippen LogP contribution is -2.26. The summed E-state index contributed by atoms with van der Waals surface area (Å²) in [5, 5.41) is 12.7. The normalized spacial score (nSPS) is 14.3. The molecule has 5 rings (SSSR count). The number of hydrogen-bond donors (Lipinski definition) is 2. The molecular formula is C32H34N2O3. The molecule has 1 aliphatic carbocycles. The molecule has 3 aromatic carbocycles. The molecule has 0 spiro atoms. The Morgan fingerprint density at radius 1 is 0.973 bits per heavy atom. The summed E-state index contributed by atoms with van der Waals surface area (Å²) < 4.78 is 2.38. The Morgan fingerprint density at radius 2 is 1.70 bits per heavy atom. The van der Waals surface area contributed by atoms with Crippen LogP contribution in [-0.2, 0) is 4.79 Å². The first-order valence-electron chi connectivity index (χ1n) is 13.3. The molecule has 1 atom stereocenters. The fourth-order valence-electron chi connectivity index (χ4n) is 5.24. The highest BCUT2D eigenvalue weighted by atomic mass is 16.4. The number of carbonyl (C=O) groups excluding carboxylic acids is 1. The van der Waals surface area contributed by atoms with Crippen LogP contribution < -0.4 is 5.32 Å². The van der Waals surface area contributed by atoms with E-state index in [0.717, 1.165) is 12.3 Å². The van der Waals surface area contributed by atoms with Crippen molar-refractivity contribution in [1.82, 2.24) is 9.88 Å². The fraction of sp³-hybridized carbons (Fsp3) is 0.312. The monoisotopic (exact) mass is 494 g/mol. The van der Waals surface area contributed by atoms with Gasteiger partial charge in [-0.25, -0.2) is 0 Å². The summed E-state index contributed by atoms with van der Waals surface area (Å²) in [6, 6.07) is 25.5. The molecule has 0 aliphatic heterocycles. The van der Waals surface area contributed by atoms with Gasteiger partial charge in [0, 0.05) is 29.2 Å². The first-order chi connectivity index (χ1) is 18.0. The topological polar surface area (TPSA) is 71.3 Å². The Kier molecular flexibility index (Phi) is 7.40. The number of carbonyl (C=O) groups is 2. The molecule has 0 saturated heterocycles. The predicted molar refractivity (Wildman–Crippen MR) is 148 cm³/mol. The molecule has 1 aliphatic rings. The molecule has 1 aromatic heterocycles. The quantitative estimate of drug-likeness (QED) is 0.250. The summed E-state index contributed by atoms with van der Waals surface area (Å²) in [6.07, 6.45) is 8.36. The molecule has 1 unspecified atom stereocenters. The molecule has 5 heteroatoms. The van der Waals surface area contributed by atoms with Crippen molar-refractivity contribution < 1.29 is 14.7 Å². The van der Waals surface area contributed by atoms with Gasteiger partial charge in [-0.15, -0.1) is 0 Å². The number of rotatable bonds is 10. The molecule has 0 bridgehead atoms. The maximum atomic E-state index is 12.4. The molecule has 1 saturated carbocycles. The van der Waals surface area contributed by atoms with Crippen LogP contribution in [0.5, 0.6) is 0 Å². The van der Waals surface area contributed by atoms with Gasteiger partial charge >= 0.3 is 5.97 Å². The third kappa shape index (κ3) is 5.77. The number of nitrogens with zero attached hydrogens (tertiary/aromatic N) is 1. The van der Waals surface area contributed by atoms with Crippen LogP contribution in [0.15, 0.2) is 79.0 Å². The minimum atomic E-state index is -0.921. The Labute approximate surface area is 218 Å². The lowest BCUT2D eigenvalue weighted by atomic mass is 9.80. The van der Waals surface area contributed by atoms with Gasteiger partial charge in [0.05, 0.1) is 12.5 Å². The minimum Gasteiger partial charge on any atom is -0.481 e. The Hall–Kier alpha value is -3.86. The summed E-state index contributed by atoms with van der Waals surface area (Å²) in [4.78, 5) is 23.2. The van der Waals surface area contributed by atoms with E-state index >= 15 is 0 Å². The summed E-state index contributed by atoms with van der Waals surface area (Å²) in [5.41, 5.74) is 6.64. The van der Waals surface area contributed by atoms with E-state index in [1.807, 2.05) is 24.3 Å². The van der Waals surface area contributed by atoms with Crippen molar-refractivity contribution in [2.24, 2.45) is 5.92 Å². The van der Waals surface area contributed by atoms with Crippen molar-refractivity contribution in [1.29, 1.82) is 0 Å². The van der Waals surface area contributed by atoms with E-state index in [-0.39, 0.29) is 24.9 Å². The second kappa shape index (κ2) is 11.0. The summed E-state index contributed by atoms with van der Waals surface area (Å²) in [6.45, 7) is 2.23. The van der Waals surface area contributed by atoms with Gasteiger partial charge in [-0.1, -0.05) is 67.3 Å². The Morgan fingerprint density at radius 3 is 2.38 bits per heavy atom. The summed E-state index contributed by atoms with van der Waals surface area (Å²) in [5.74, 6) is -0.347. The van der Waals surface area contributed by atoms with Crippen molar-refractivity contribution in [2.75, 3.05) is 6.54 Å². The number of fused-ring (bicyclic) bond motifs is 1. The lowest BCUT2D eigenvalue weighted by Gasteiger charge is -2.28. The SMILES string of the molecule is Cc1ccc(-c2ccc3c(ccn3C(CCC3CCC3)c3ccc(C(=O)NCCC(=O)O)cc3)c2)cc1. The van der Waals surface area contributed by atoms with Crippen molar-refractivity contribution in [3.8, 4) is 11.1 Å². The van der Waals surface area contributed by atoms with Crippen molar-refractivity contribution in [3.63, 3.8) is 0 Å². The number of aryl methyl sites for hydroxylation is 1. The predicted octanol–water partition coefficient (Wildman–Crippen LogP) is 6.99. The zero-order chi connectivity index (χ0) is 25.8. The minimum absolute atomic E-state index is 0.0839. The molecular weight excluding hydrogens is 460 g/mol. The number of aromatic nitrogens is 1. The van der Waals surface area contributed by atoms with Gasteiger partial charge in [-0.2, -0.15) is 0 Å². The molecule has 2 N–H and O–H groups in total. The molecule has 37 heavy (non-hydrogen) atoms. The third-order valence-electron chi connectivity index (χ3n) is 7.70. The van der Waals surface area contributed by atoms with E-state index in [1.165, 1.54) is 58.8 Å². The summed E-state index contributed by atoms with van der Waals surface area (Å²) >= 11 is 0. The molecule has 1 heterocycles. The highest BCUT2D eigenvalue weighted by Crippen LogP contribution is 2.36. The molecule has 1 amide bonds. The van der Waals surface area contributed by atoms with Crippen LogP contribution in [0.1, 0.15) is 66.1 Å². The van der Waals surface area contributed by atoms with Gasteiger partial charge in [-0.05, 0) is 72.7 Å². The fourth-order valence-corrected chi connectivity index (χ4v) is 5.24. The standard InChI is InChI=1S/C32H34N2O3/c1-22-5-8-24(9-6-22)27-14-16-30-28(21-27)18-20-34(30)29(15-7-23-3-2-4-23)25-10-12-26(13-11-25)32(37)33-19-17-31(35)36/h5-6,8-14,16,18,20-21,23,29H,2-4,7,15,17,19H2,1H3,(H,33,37)(H,35,36). The number of hydrogen-bond acceptors (Lipinski definition) is 2. The second-order valence-electron chi connectivity index (χ2n) is 10.3. The average Bonchev–Trinajstić information content (AvgIpc) is 3.29. The van der Waals surface area contributed by atoms with Gasteiger partial charge in [0.2, 0.25) is 0 Å². The van der Waals surface area contributed by atoms with E-state index in [4.69, 9.17) is 5.11 Å². The molecule has 4 aromatic rings. The Bertz CT molecular complexity index is 1380. The van der Waals surface area contributed by atoms with Crippen LogP contribution in [0.3, 0.4) is 0 Å². The number of carboxylic acids is 1. The number of amides is 1. The van der Waals surface area contributed by atoms with E-state index < -0.39 is 5.97 Å². The summed E-state index contributed by atoms with van der Waals surface area (Å²) in [7, 11) is 0. The molecule has 1 fully saturated rings. The zero-order valence-electron chi connectivity index (χ0n) is 21.3. The van der Waals surface area contributed by atoms with Crippen LogP contribution in [0.2, 0.25) is 0 Å². The number of nitrogens with one attached hydrogen (secondary N) is 1. The second-order valence-corrected chi connectivity index (χ2v) is 10.3. The first kappa shape index (κ1) is 24.8. The first-order valence-corrected chi connectivity index (χ1v) is 13.3. The highest BCUT2D eigenvalue weighted by molar-refractivity contribution is 5.94. The molecule has 190 valence electrons. The molecule has 0 radical (unpaired) electrons. The number of benzene rings is 3. The van der Waals surface area contributed by atoms with Gasteiger partial charge in [0.1, 0.15) is 0 Å². The van der Waals surface area contributed by atoms with Crippen LogP contribution in [0.25, 0.3) is 22.0 Å². The van der Waals surface area contributed by atoms with Crippen LogP contribution in [0, 0.1) is 12.8 Å². The van der Waals surface area contributed by atoms with E-state index in [9.17, 15) is 9.59 Å². The van der Waals surface area contributed by atoms with Crippen molar-refractivity contribution >= 4 is 22.8 Å². The average molecular weight is 495 g/mol. The van der Waals surface area contributed by atoms with Crippen molar-refractivity contribution in [3.05, 3.63) is 95.7 Å². The van der Waals surface area contributed by atoms with E-state index in [0.29, 0.717) is 5.56 Å². The zero-order valence-corrected chi connectivity index (χ0v) is 21.3. The van der Waals surface area contributed by atoms with Crippen LogP contribution >= 0.6 is 0 Å².